The molecule has 104 valence electrons. The molecule has 1 heterocycles. The van der Waals surface area contributed by atoms with Crippen molar-refractivity contribution >= 4 is 17.5 Å². The van der Waals surface area contributed by atoms with Gasteiger partial charge in [0.05, 0.1) is 25.4 Å². The topological polar surface area (TPSA) is 49.8 Å². The number of hydrogen-bond acceptors (Lipinski definition) is 3. The van der Waals surface area contributed by atoms with Crippen LogP contribution in [0.5, 0.6) is 0 Å². The highest BCUT2D eigenvalue weighted by atomic mass is 35.5. The van der Waals surface area contributed by atoms with Crippen molar-refractivity contribution in [1.82, 2.24) is 4.90 Å². The maximum absolute atomic E-state index is 12.5. The fourth-order valence-electron chi connectivity index (χ4n) is 2.15. The number of ether oxygens (including phenoxy) is 1. The second kappa shape index (κ2) is 5.90. The normalized spacial score (nSPS) is 23.5. The van der Waals surface area contributed by atoms with Gasteiger partial charge in [-0.25, -0.2) is 0 Å². The summed E-state index contributed by atoms with van der Waals surface area (Å²) in [6.07, 6.45) is -0.298. The summed E-state index contributed by atoms with van der Waals surface area (Å²) in [6, 6.07) is 5.26. The standard InChI is InChI=1S/C14H18ClNO3/c1-9-5-11(3-4-13(9)15)14(18)16-6-12(7-17)19-8-10(16)2/h3-5,10,12,17H,6-8H2,1-2H3/t10-,12-/m1/s1. The Hall–Kier alpha value is -1.10. The van der Waals surface area contributed by atoms with Gasteiger partial charge in [0.25, 0.3) is 5.91 Å². The van der Waals surface area contributed by atoms with Crippen LogP contribution >= 0.6 is 11.6 Å². The summed E-state index contributed by atoms with van der Waals surface area (Å²) in [7, 11) is 0. The average Bonchev–Trinajstić information content (AvgIpc) is 2.41. The van der Waals surface area contributed by atoms with Crippen LogP contribution in [0.3, 0.4) is 0 Å². The number of aliphatic hydroxyl groups excluding tert-OH is 1. The minimum atomic E-state index is -0.298. The predicted molar refractivity (Wildman–Crippen MR) is 73.5 cm³/mol. The number of aliphatic hydroxyl groups is 1. The van der Waals surface area contributed by atoms with Crippen LogP contribution in [0.25, 0.3) is 0 Å². The third-order valence-electron chi connectivity index (χ3n) is 3.37. The Bertz CT molecular complexity index is 478. The molecule has 1 aliphatic rings. The SMILES string of the molecule is Cc1cc(C(=O)N2C[C@H](CO)OC[C@H]2C)ccc1Cl. The number of benzene rings is 1. The van der Waals surface area contributed by atoms with Crippen molar-refractivity contribution in [1.29, 1.82) is 0 Å². The quantitative estimate of drug-likeness (QED) is 0.901. The molecule has 4 nitrogen and oxygen atoms in total. The molecular weight excluding hydrogens is 266 g/mol. The first-order valence-corrected chi connectivity index (χ1v) is 6.70. The van der Waals surface area contributed by atoms with E-state index in [1.54, 1.807) is 23.1 Å². The number of rotatable bonds is 2. The zero-order valence-corrected chi connectivity index (χ0v) is 11.9. The van der Waals surface area contributed by atoms with E-state index < -0.39 is 0 Å². The van der Waals surface area contributed by atoms with Crippen molar-refractivity contribution in [2.45, 2.75) is 26.0 Å². The number of aryl methyl sites for hydroxylation is 1. The van der Waals surface area contributed by atoms with Crippen LogP contribution in [0.2, 0.25) is 5.02 Å². The number of morpholine rings is 1. The number of amides is 1. The molecule has 0 unspecified atom stereocenters. The number of halogens is 1. The molecule has 1 aromatic rings. The van der Waals surface area contributed by atoms with E-state index in [-0.39, 0.29) is 24.7 Å². The van der Waals surface area contributed by atoms with E-state index in [9.17, 15) is 4.79 Å². The second-order valence-corrected chi connectivity index (χ2v) is 5.32. The molecule has 19 heavy (non-hydrogen) atoms. The van der Waals surface area contributed by atoms with E-state index in [0.29, 0.717) is 23.7 Å². The zero-order valence-electron chi connectivity index (χ0n) is 11.1. The molecule has 1 N–H and O–H groups in total. The van der Waals surface area contributed by atoms with Gasteiger partial charge in [-0.2, -0.15) is 0 Å². The average molecular weight is 284 g/mol. The Labute approximate surface area is 117 Å². The number of carbonyl (C=O) groups is 1. The van der Waals surface area contributed by atoms with Crippen LogP contribution in [-0.4, -0.2) is 47.8 Å². The molecule has 0 aromatic heterocycles. The fourth-order valence-corrected chi connectivity index (χ4v) is 2.27. The van der Waals surface area contributed by atoms with E-state index in [4.69, 9.17) is 21.4 Å². The molecule has 2 rings (SSSR count). The lowest BCUT2D eigenvalue weighted by molar-refractivity contribution is -0.0667. The molecule has 0 aliphatic carbocycles. The van der Waals surface area contributed by atoms with Gasteiger partial charge in [0.1, 0.15) is 0 Å². The number of nitrogens with zero attached hydrogens (tertiary/aromatic N) is 1. The molecule has 0 spiro atoms. The zero-order chi connectivity index (χ0) is 14.0. The highest BCUT2D eigenvalue weighted by molar-refractivity contribution is 6.31. The van der Waals surface area contributed by atoms with Gasteiger partial charge in [-0.05, 0) is 37.6 Å². The molecule has 1 aliphatic heterocycles. The van der Waals surface area contributed by atoms with Crippen LogP contribution < -0.4 is 0 Å². The molecule has 1 fully saturated rings. The molecule has 5 heteroatoms. The van der Waals surface area contributed by atoms with E-state index in [2.05, 4.69) is 0 Å². The first-order valence-electron chi connectivity index (χ1n) is 6.32. The summed E-state index contributed by atoms with van der Waals surface area (Å²) in [5.41, 5.74) is 1.50. The van der Waals surface area contributed by atoms with Crippen LogP contribution in [0, 0.1) is 6.92 Å². The third-order valence-corrected chi connectivity index (χ3v) is 3.80. The summed E-state index contributed by atoms with van der Waals surface area (Å²) >= 11 is 5.97. The molecule has 0 saturated carbocycles. The van der Waals surface area contributed by atoms with E-state index in [1.165, 1.54) is 0 Å². The molecule has 0 bridgehead atoms. The van der Waals surface area contributed by atoms with Gasteiger partial charge < -0.3 is 14.7 Å². The highest BCUT2D eigenvalue weighted by Crippen LogP contribution is 2.20. The molecule has 1 saturated heterocycles. The number of carbonyl (C=O) groups excluding carboxylic acids is 1. The summed E-state index contributed by atoms with van der Waals surface area (Å²) < 4.78 is 5.43. The van der Waals surface area contributed by atoms with Crippen molar-refractivity contribution < 1.29 is 14.6 Å². The summed E-state index contributed by atoms with van der Waals surface area (Å²) in [5.74, 6) is -0.0472. The molecule has 2 atom stereocenters. The molecule has 1 amide bonds. The van der Waals surface area contributed by atoms with Gasteiger partial charge in [-0.15, -0.1) is 0 Å². The minimum Gasteiger partial charge on any atom is -0.394 e. The van der Waals surface area contributed by atoms with E-state index >= 15 is 0 Å². The fraction of sp³-hybridized carbons (Fsp3) is 0.500. The van der Waals surface area contributed by atoms with Crippen molar-refractivity contribution in [2.24, 2.45) is 0 Å². The van der Waals surface area contributed by atoms with E-state index in [0.717, 1.165) is 5.56 Å². The van der Waals surface area contributed by atoms with Crippen LogP contribution in [0.1, 0.15) is 22.8 Å². The first-order chi connectivity index (χ1) is 9.02. The first kappa shape index (κ1) is 14.3. The Kier molecular flexibility index (Phi) is 4.45. The minimum absolute atomic E-state index is 0.00582. The van der Waals surface area contributed by atoms with Gasteiger partial charge in [-0.3, -0.25) is 4.79 Å². The Morgan fingerprint density at radius 3 is 2.95 bits per heavy atom. The van der Waals surface area contributed by atoms with Gasteiger partial charge in [0.15, 0.2) is 0 Å². The van der Waals surface area contributed by atoms with Crippen molar-refractivity contribution in [2.75, 3.05) is 19.8 Å². The number of hydrogen-bond donors (Lipinski definition) is 1. The van der Waals surface area contributed by atoms with Gasteiger partial charge in [-0.1, -0.05) is 11.6 Å². The highest BCUT2D eigenvalue weighted by Gasteiger charge is 2.29. The van der Waals surface area contributed by atoms with Crippen molar-refractivity contribution in [3.63, 3.8) is 0 Å². The van der Waals surface area contributed by atoms with Crippen LogP contribution in [0.15, 0.2) is 18.2 Å². The molecule has 1 aromatic carbocycles. The second-order valence-electron chi connectivity index (χ2n) is 4.91. The van der Waals surface area contributed by atoms with Gasteiger partial charge in [0.2, 0.25) is 0 Å². The third kappa shape index (κ3) is 3.08. The lowest BCUT2D eigenvalue weighted by atomic mass is 10.1. The smallest absolute Gasteiger partial charge is 0.254 e. The lowest BCUT2D eigenvalue weighted by Gasteiger charge is -2.37. The predicted octanol–water partition coefficient (Wildman–Crippen LogP) is 1.87. The van der Waals surface area contributed by atoms with E-state index in [1.807, 2.05) is 13.8 Å². The summed E-state index contributed by atoms with van der Waals surface area (Å²) in [6.45, 7) is 4.60. The Morgan fingerprint density at radius 1 is 1.58 bits per heavy atom. The van der Waals surface area contributed by atoms with Crippen LogP contribution in [0.4, 0.5) is 0 Å². The van der Waals surface area contributed by atoms with Crippen LogP contribution in [-0.2, 0) is 4.74 Å². The van der Waals surface area contributed by atoms with Gasteiger partial charge in [0, 0.05) is 17.1 Å². The largest absolute Gasteiger partial charge is 0.394 e. The van der Waals surface area contributed by atoms with Gasteiger partial charge >= 0.3 is 0 Å². The maximum atomic E-state index is 12.5. The molecule has 0 radical (unpaired) electrons. The molecular formula is C14H18ClNO3. The Balaban J connectivity index is 2.19. The summed E-state index contributed by atoms with van der Waals surface area (Å²) in [4.78, 5) is 14.2. The Morgan fingerprint density at radius 2 is 2.32 bits per heavy atom. The monoisotopic (exact) mass is 283 g/mol. The van der Waals surface area contributed by atoms with Crippen molar-refractivity contribution in [3.8, 4) is 0 Å². The maximum Gasteiger partial charge on any atom is 0.254 e. The summed E-state index contributed by atoms with van der Waals surface area (Å²) in [5, 5.41) is 9.80. The van der Waals surface area contributed by atoms with Crippen molar-refractivity contribution in [3.05, 3.63) is 34.3 Å². The lowest BCUT2D eigenvalue weighted by Crippen LogP contribution is -2.52.